The molecular weight excluding hydrogens is 464 g/mol. The fourth-order valence-electron chi connectivity index (χ4n) is 4.03. The Bertz CT molecular complexity index is 1720. The lowest BCUT2D eigenvalue weighted by molar-refractivity contribution is 0.0994. The number of hydrogen-bond acceptors (Lipinski definition) is 4. The Labute approximate surface area is 192 Å². The minimum absolute atomic E-state index is 0.135. The molecule has 2 aromatic heterocycles. The molecule has 0 saturated heterocycles. The van der Waals surface area contributed by atoms with Gasteiger partial charge in [0.15, 0.2) is 0 Å². The van der Waals surface area contributed by atoms with Crippen LogP contribution in [0.4, 0.5) is 14.5 Å². The summed E-state index contributed by atoms with van der Waals surface area (Å²) in [4.78, 5) is 12.3. The summed E-state index contributed by atoms with van der Waals surface area (Å²) in [7, 11) is -3.54. The molecule has 1 amide bonds. The Hall–Kier alpha value is -4.25. The number of nitrogens with one attached hydrogen (secondary N) is 2. The maximum atomic E-state index is 14.7. The maximum absolute atomic E-state index is 14.7. The highest BCUT2D eigenvalue weighted by Crippen LogP contribution is 2.35. The summed E-state index contributed by atoms with van der Waals surface area (Å²) in [6, 6.07) is 13.0. The minimum Gasteiger partial charge on any atom is -0.364 e. The Morgan fingerprint density at radius 2 is 1.85 bits per heavy atom. The number of carbonyl (C=O) groups is 1. The van der Waals surface area contributed by atoms with Gasteiger partial charge in [0.2, 0.25) is 10.0 Å². The zero-order valence-corrected chi connectivity index (χ0v) is 18.5. The molecule has 5 aromatic rings. The van der Waals surface area contributed by atoms with Crippen LogP contribution in [0.5, 0.6) is 0 Å². The van der Waals surface area contributed by atoms with E-state index in [2.05, 4.69) is 14.9 Å². The number of primary amides is 1. The van der Waals surface area contributed by atoms with Crippen molar-refractivity contribution in [3.8, 4) is 16.8 Å². The van der Waals surface area contributed by atoms with E-state index in [0.717, 1.165) is 18.4 Å². The normalized spacial score (nSPS) is 11.9. The Morgan fingerprint density at radius 3 is 2.56 bits per heavy atom. The smallest absolute Gasteiger partial charge is 0.265 e. The fourth-order valence-corrected chi connectivity index (χ4v) is 4.59. The lowest BCUT2D eigenvalue weighted by Gasteiger charge is -2.13. The molecule has 0 radical (unpaired) electrons. The number of nitrogens with two attached hydrogens (primary N) is 1. The van der Waals surface area contributed by atoms with Crippen LogP contribution in [0.2, 0.25) is 0 Å². The topological polar surface area (TPSA) is 123 Å². The van der Waals surface area contributed by atoms with E-state index in [1.54, 1.807) is 41.0 Å². The second-order valence-electron chi connectivity index (χ2n) is 7.83. The molecule has 0 aliphatic carbocycles. The predicted molar refractivity (Wildman–Crippen MR) is 125 cm³/mol. The van der Waals surface area contributed by atoms with Crippen molar-refractivity contribution in [1.82, 2.24) is 14.8 Å². The quantitative estimate of drug-likeness (QED) is 0.352. The van der Waals surface area contributed by atoms with Gasteiger partial charge in [-0.3, -0.25) is 14.6 Å². The average Bonchev–Trinajstić information content (AvgIpc) is 3.36. The number of aromatic nitrogens is 3. The molecule has 2 heterocycles. The number of carbonyl (C=O) groups excluding carboxylic acids is 1. The first kappa shape index (κ1) is 21.6. The van der Waals surface area contributed by atoms with Crippen LogP contribution >= 0.6 is 0 Å². The molecule has 8 nitrogen and oxygen atoms in total. The molecule has 0 spiro atoms. The lowest BCUT2D eigenvalue weighted by atomic mass is 10.00. The first-order valence-electron chi connectivity index (χ1n) is 9.97. The summed E-state index contributed by atoms with van der Waals surface area (Å²) in [5.74, 6) is -2.18. The molecular formula is C23H17F2N5O3S. The van der Waals surface area contributed by atoms with Gasteiger partial charge < -0.3 is 10.3 Å². The molecule has 0 atom stereocenters. The van der Waals surface area contributed by atoms with Crippen LogP contribution in [-0.2, 0) is 10.0 Å². The van der Waals surface area contributed by atoms with Crippen LogP contribution in [0, 0.1) is 11.6 Å². The molecule has 0 saturated carbocycles. The van der Waals surface area contributed by atoms with Gasteiger partial charge in [0.25, 0.3) is 5.91 Å². The zero-order valence-electron chi connectivity index (χ0n) is 17.6. The number of hydrogen-bond donors (Lipinski definition) is 3. The van der Waals surface area contributed by atoms with Crippen LogP contribution in [0.15, 0.2) is 60.8 Å². The van der Waals surface area contributed by atoms with Crippen LogP contribution in [-0.4, -0.2) is 35.3 Å². The molecule has 4 N–H and O–H groups in total. The largest absolute Gasteiger partial charge is 0.364 e. The predicted octanol–water partition coefficient (Wildman–Crippen LogP) is 3.92. The van der Waals surface area contributed by atoms with Gasteiger partial charge >= 0.3 is 0 Å². The number of aromatic amines is 1. The SMILES string of the molecule is CS(=O)(=O)Nc1ccc2cc(C(N)=O)n(-c3cc(-c4ccc(F)cc4F)c4cn[nH]c4c3)c2c1. The summed E-state index contributed by atoms with van der Waals surface area (Å²) in [6.45, 7) is 0. The third-order valence-electron chi connectivity index (χ3n) is 5.38. The van der Waals surface area contributed by atoms with Gasteiger partial charge in [-0.1, -0.05) is 6.07 Å². The van der Waals surface area contributed by atoms with Crippen molar-refractivity contribution in [2.45, 2.75) is 0 Å². The van der Waals surface area contributed by atoms with Crippen molar-refractivity contribution in [2.24, 2.45) is 5.73 Å². The van der Waals surface area contributed by atoms with Crippen molar-refractivity contribution in [3.05, 3.63) is 78.1 Å². The number of amides is 1. The first-order chi connectivity index (χ1) is 16.1. The Morgan fingerprint density at radius 1 is 1.06 bits per heavy atom. The van der Waals surface area contributed by atoms with E-state index in [1.807, 2.05) is 0 Å². The van der Waals surface area contributed by atoms with Crippen LogP contribution in [0.25, 0.3) is 38.6 Å². The van der Waals surface area contributed by atoms with Gasteiger partial charge in [-0.2, -0.15) is 5.10 Å². The Kier molecular flexibility index (Phi) is 4.87. The molecule has 0 bridgehead atoms. The highest BCUT2D eigenvalue weighted by molar-refractivity contribution is 7.92. The summed E-state index contributed by atoms with van der Waals surface area (Å²) in [5, 5.41) is 8.09. The number of anilines is 1. The summed E-state index contributed by atoms with van der Waals surface area (Å²) in [5.41, 5.74) is 8.11. The summed E-state index contributed by atoms with van der Waals surface area (Å²) in [6.07, 6.45) is 2.55. The molecule has 0 fully saturated rings. The van der Waals surface area contributed by atoms with E-state index in [0.29, 0.717) is 33.1 Å². The molecule has 0 aliphatic rings. The van der Waals surface area contributed by atoms with Crippen LogP contribution in [0.3, 0.4) is 0 Å². The van der Waals surface area contributed by atoms with E-state index < -0.39 is 27.6 Å². The maximum Gasteiger partial charge on any atom is 0.265 e. The van der Waals surface area contributed by atoms with E-state index in [-0.39, 0.29) is 16.9 Å². The number of nitrogens with zero attached hydrogens (tertiary/aromatic N) is 2. The van der Waals surface area contributed by atoms with Gasteiger partial charge in [-0.25, -0.2) is 17.2 Å². The van der Waals surface area contributed by atoms with Gasteiger partial charge in [0.05, 0.1) is 29.2 Å². The summed E-state index contributed by atoms with van der Waals surface area (Å²) >= 11 is 0. The van der Waals surface area contributed by atoms with Gasteiger partial charge in [0.1, 0.15) is 17.3 Å². The van der Waals surface area contributed by atoms with E-state index >= 15 is 0 Å². The van der Waals surface area contributed by atoms with Crippen LogP contribution in [0.1, 0.15) is 10.5 Å². The minimum atomic E-state index is -3.54. The van der Waals surface area contributed by atoms with Crippen molar-refractivity contribution in [1.29, 1.82) is 0 Å². The number of rotatable bonds is 5. The molecule has 34 heavy (non-hydrogen) atoms. The van der Waals surface area contributed by atoms with Crippen molar-refractivity contribution >= 4 is 43.4 Å². The summed E-state index contributed by atoms with van der Waals surface area (Å²) < 4.78 is 55.6. The number of fused-ring (bicyclic) bond motifs is 2. The second kappa shape index (κ2) is 7.66. The fraction of sp³-hybridized carbons (Fsp3) is 0.0435. The average molecular weight is 481 g/mol. The molecule has 0 aliphatic heterocycles. The van der Waals surface area contributed by atoms with E-state index in [1.165, 1.54) is 12.3 Å². The van der Waals surface area contributed by atoms with Crippen LogP contribution < -0.4 is 10.5 Å². The molecule has 5 rings (SSSR count). The van der Waals surface area contributed by atoms with Crippen molar-refractivity contribution in [2.75, 3.05) is 11.0 Å². The molecule has 0 unspecified atom stereocenters. The third kappa shape index (κ3) is 3.75. The standard InChI is InChI=1S/C23H17F2N5O3S/c1-34(32,33)29-14-4-2-12-6-22(23(26)31)30(21(12)8-14)15-9-17(18-11-27-28-20(18)10-15)16-5-3-13(24)7-19(16)25/h2-11,29H,1H3,(H2,26,31)(H,27,28). The van der Waals surface area contributed by atoms with Gasteiger partial charge in [-0.05, 0) is 48.0 Å². The monoisotopic (exact) mass is 481 g/mol. The zero-order chi connectivity index (χ0) is 24.2. The number of benzene rings is 3. The second-order valence-corrected chi connectivity index (χ2v) is 9.57. The number of H-pyrrole nitrogens is 1. The molecule has 172 valence electrons. The van der Waals surface area contributed by atoms with E-state index in [9.17, 15) is 22.0 Å². The molecule has 11 heteroatoms. The number of halogens is 2. The Balaban J connectivity index is 1.81. The first-order valence-corrected chi connectivity index (χ1v) is 11.9. The van der Waals surface area contributed by atoms with Crippen molar-refractivity contribution in [3.63, 3.8) is 0 Å². The van der Waals surface area contributed by atoms with Crippen molar-refractivity contribution < 1.29 is 22.0 Å². The molecule has 3 aromatic carbocycles. The highest BCUT2D eigenvalue weighted by atomic mass is 32.2. The third-order valence-corrected chi connectivity index (χ3v) is 5.99. The van der Waals surface area contributed by atoms with Gasteiger partial charge in [0, 0.05) is 28.1 Å². The number of sulfonamides is 1. The van der Waals surface area contributed by atoms with E-state index in [4.69, 9.17) is 5.73 Å². The highest BCUT2D eigenvalue weighted by Gasteiger charge is 2.19. The lowest BCUT2D eigenvalue weighted by Crippen LogP contribution is -2.16. The van der Waals surface area contributed by atoms with Gasteiger partial charge in [-0.15, -0.1) is 0 Å².